The molecule has 0 bridgehead atoms. The average molecular weight is 224 g/mol. The molecule has 0 saturated carbocycles. The number of aliphatic hydroxyl groups is 1. The molecule has 0 amide bonds. The highest BCUT2D eigenvalue weighted by atomic mass is 35.5. The van der Waals surface area contributed by atoms with Crippen LogP contribution in [0.15, 0.2) is 6.07 Å². The first kappa shape index (κ1) is 11.2. The van der Waals surface area contributed by atoms with Gasteiger partial charge in [-0.2, -0.15) is 0 Å². The number of rotatable bonds is 2. The zero-order valence-corrected chi connectivity index (χ0v) is 7.72. The number of phenols is 1. The number of nitrogens with two attached hydrogens (primary N) is 1. The molecule has 0 fully saturated rings. The lowest BCUT2D eigenvalue weighted by molar-refractivity contribution is 0.176. The molecule has 1 atom stereocenters. The van der Waals surface area contributed by atoms with Gasteiger partial charge in [0.1, 0.15) is 5.75 Å². The molecule has 1 unspecified atom stereocenters. The van der Waals surface area contributed by atoms with E-state index in [1.165, 1.54) is 0 Å². The fourth-order valence-electron chi connectivity index (χ4n) is 1.03. The van der Waals surface area contributed by atoms with Gasteiger partial charge in [0.05, 0.1) is 16.7 Å². The molecule has 4 N–H and O–H groups in total. The molecule has 0 aliphatic rings. The van der Waals surface area contributed by atoms with Crippen LogP contribution in [-0.4, -0.2) is 16.8 Å². The summed E-state index contributed by atoms with van der Waals surface area (Å²) in [7, 11) is 0. The molecule has 78 valence electrons. The van der Waals surface area contributed by atoms with Crippen molar-refractivity contribution in [3.8, 4) is 5.75 Å². The van der Waals surface area contributed by atoms with Gasteiger partial charge in [-0.1, -0.05) is 11.6 Å². The highest BCUT2D eigenvalue weighted by Crippen LogP contribution is 2.34. The molecule has 1 aromatic carbocycles. The monoisotopic (exact) mass is 223 g/mol. The molecule has 6 heteroatoms. The summed E-state index contributed by atoms with van der Waals surface area (Å²) in [5, 5.41) is 18.1. The fraction of sp³-hybridized carbons (Fsp3) is 0.250. The third kappa shape index (κ3) is 1.79. The Bertz CT molecular complexity index is 333. The summed E-state index contributed by atoms with van der Waals surface area (Å²) in [6.45, 7) is -0.343. The molecule has 0 saturated heterocycles. The van der Waals surface area contributed by atoms with Crippen molar-refractivity contribution < 1.29 is 19.0 Å². The smallest absolute Gasteiger partial charge is 0.168 e. The number of aliphatic hydroxyl groups excluding tert-OH is 1. The summed E-state index contributed by atoms with van der Waals surface area (Å²) in [6.07, 6.45) is -1.48. The Hall–Kier alpha value is -0.910. The first-order chi connectivity index (χ1) is 6.49. The average Bonchev–Trinajstić information content (AvgIpc) is 2.15. The van der Waals surface area contributed by atoms with Crippen LogP contribution in [0.2, 0.25) is 5.02 Å². The number of hydrogen-bond donors (Lipinski definition) is 3. The topological polar surface area (TPSA) is 66.5 Å². The Kier molecular flexibility index (Phi) is 3.25. The largest absolute Gasteiger partial charge is 0.506 e. The molecule has 0 radical (unpaired) electrons. The van der Waals surface area contributed by atoms with E-state index in [4.69, 9.17) is 17.3 Å². The summed E-state index contributed by atoms with van der Waals surface area (Å²) in [6, 6.07) is 0.624. The molecule has 0 aliphatic carbocycles. The minimum absolute atomic E-state index is 0.343. The van der Waals surface area contributed by atoms with Crippen LogP contribution in [-0.2, 0) is 0 Å². The van der Waals surface area contributed by atoms with Crippen LogP contribution in [0.1, 0.15) is 11.7 Å². The Morgan fingerprint density at radius 1 is 1.50 bits per heavy atom. The molecule has 14 heavy (non-hydrogen) atoms. The van der Waals surface area contributed by atoms with E-state index in [0.29, 0.717) is 6.07 Å². The van der Waals surface area contributed by atoms with E-state index in [0.717, 1.165) is 0 Å². The summed E-state index contributed by atoms with van der Waals surface area (Å²) in [5.74, 6) is -3.27. The van der Waals surface area contributed by atoms with Crippen LogP contribution in [0.25, 0.3) is 0 Å². The van der Waals surface area contributed by atoms with Crippen molar-refractivity contribution in [3.63, 3.8) is 0 Å². The summed E-state index contributed by atoms with van der Waals surface area (Å²) >= 11 is 5.38. The van der Waals surface area contributed by atoms with E-state index in [-0.39, 0.29) is 11.6 Å². The van der Waals surface area contributed by atoms with E-state index < -0.39 is 29.1 Å². The highest BCUT2D eigenvalue weighted by molar-refractivity contribution is 6.32. The lowest BCUT2D eigenvalue weighted by atomic mass is 10.1. The molecule has 3 nitrogen and oxygen atoms in total. The first-order valence-corrected chi connectivity index (χ1v) is 4.11. The Morgan fingerprint density at radius 2 is 2.07 bits per heavy atom. The number of phenolic OH excluding ortho intramolecular Hbond substituents is 1. The third-order valence-corrected chi connectivity index (χ3v) is 2.03. The van der Waals surface area contributed by atoms with E-state index in [1.54, 1.807) is 0 Å². The van der Waals surface area contributed by atoms with Gasteiger partial charge in [0.25, 0.3) is 0 Å². The summed E-state index contributed by atoms with van der Waals surface area (Å²) in [5.41, 5.74) is 4.44. The van der Waals surface area contributed by atoms with Gasteiger partial charge in [0.2, 0.25) is 0 Å². The van der Waals surface area contributed by atoms with Crippen LogP contribution in [0, 0.1) is 11.6 Å². The Balaban J connectivity index is 3.39. The number of benzene rings is 1. The van der Waals surface area contributed by atoms with Crippen molar-refractivity contribution in [2.75, 3.05) is 6.54 Å². The maximum Gasteiger partial charge on any atom is 0.168 e. The van der Waals surface area contributed by atoms with E-state index in [1.807, 2.05) is 0 Å². The van der Waals surface area contributed by atoms with Gasteiger partial charge in [-0.15, -0.1) is 0 Å². The normalized spacial score (nSPS) is 12.9. The van der Waals surface area contributed by atoms with Gasteiger partial charge in [-0.05, 0) is 6.07 Å². The van der Waals surface area contributed by atoms with Gasteiger partial charge in [-0.3, -0.25) is 0 Å². The molecule has 1 rings (SSSR count). The first-order valence-electron chi connectivity index (χ1n) is 3.73. The standard InChI is InChI=1S/C8H8ClF2NO2/c9-3-1-4(10)7(11)6(8(3)14)5(13)2-12/h1,5,13-14H,2,12H2. The second kappa shape index (κ2) is 4.08. The van der Waals surface area contributed by atoms with E-state index in [2.05, 4.69) is 0 Å². The zero-order chi connectivity index (χ0) is 10.9. The minimum atomic E-state index is -1.48. The van der Waals surface area contributed by atoms with Gasteiger partial charge >= 0.3 is 0 Å². The van der Waals surface area contributed by atoms with Gasteiger partial charge in [0.15, 0.2) is 11.6 Å². The number of halogens is 3. The quantitative estimate of drug-likeness (QED) is 0.663. The minimum Gasteiger partial charge on any atom is -0.506 e. The van der Waals surface area contributed by atoms with Crippen LogP contribution in [0.5, 0.6) is 5.75 Å². The predicted octanol–water partition coefficient (Wildman–Crippen LogP) is 1.32. The molecule has 0 spiro atoms. The van der Waals surface area contributed by atoms with Crippen molar-refractivity contribution in [3.05, 3.63) is 28.3 Å². The molecule has 0 aliphatic heterocycles. The van der Waals surface area contributed by atoms with Crippen molar-refractivity contribution in [2.45, 2.75) is 6.10 Å². The van der Waals surface area contributed by atoms with E-state index >= 15 is 0 Å². The SMILES string of the molecule is NCC(O)c1c(O)c(Cl)cc(F)c1F. The van der Waals surface area contributed by atoms with Crippen molar-refractivity contribution in [1.82, 2.24) is 0 Å². The lowest BCUT2D eigenvalue weighted by Crippen LogP contribution is -2.14. The van der Waals surface area contributed by atoms with Crippen molar-refractivity contribution in [2.24, 2.45) is 5.73 Å². The van der Waals surface area contributed by atoms with Crippen molar-refractivity contribution in [1.29, 1.82) is 0 Å². The Morgan fingerprint density at radius 3 is 2.57 bits per heavy atom. The zero-order valence-electron chi connectivity index (χ0n) is 6.97. The van der Waals surface area contributed by atoms with Gasteiger partial charge in [0, 0.05) is 6.54 Å². The molecule has 1 aromatic rings. The summed E-state index contributed by atoms with van der Waals surface area (Å²) < 4.78 is 25.9. The van der Waals surface area contributed by atoms with Gasteiger partial charge < -0.3 is 15.9 Å². The molecular weight excluding hydrogens is 216 g/mol. The van der Waals surface area contributed by atoms with Crippen LogP contribution < -0.4 is 5.73 Å². The Labute approximate surface area is 83.7 Å². The van der Waals surface area contributed by atoms with Crippen LogP contribution >= 0.6 is 11.6 Å². The lowest BCUT2D eigenvalue weighted by Gasteiger charge is -2.12. The highest BCUT2D eigenvalue weighted by Gasteiger charge is 2.22. The maximum absolute atomic E-state index is 13.1. The summed E-state index contributed by atoms with van der Waals surface area (Å²) in [4.78, 5) is 0. The predicted molar refractivity (Wildman–Crippen MR) is 47.0 cm³/mol. The number of aromatic hydroxyl groups is 1. The van der Waals surface area contributed by atoms with Crippen LogP contribution in [0.3, 0.4) is 0 Å². The van der Waals surface area contributed by atoms with Crippen molar-refractivity contribution >= 4 is 11.6 Å². The molecular formula is C8H8ClF2NO2. The maximum atomic E-state index is 13.1. The number of hydrogen-bond acceptors (Lipinski definition) is 3. The van der Waals surface area contributed by atoms with Gasteiger partial charge in [-0.25, -0.2) is 8.78 Å². The second-order valence-electron chi connectivity index (χ2n) is 2.67. The third-order valence-electron chi connectivity index (χ3n) is 1.74. The van der Waals surface area contributed by atoms with E-state index in [9.17, 15) is 19.0 Å². The molecule has 0 aromatic heterocycles. The van der Waals surface area contributed by atoms with Crippen LogP contribution in [0.4, 0.5) is 8.78 Å². The molecule has 0 heterocycles. The second-order valence-corrected chi connectivity index (χ2v) is 3.08. The fourth-order valence-corrected chi connectivity index (χ4v) is 1.22.